The van der Waals surface area contributed by atoms with Crippen LogP contribution in [0.1, 0.15) is 28.4 Å². The van der Waals surface area contributed by atoms with Crippen LogP contribution < -0.4 is 9.47 Å². The van der Waals surface area contributed by atoms with E-state index in [0.717, 1.165) is 20.3 Å². The van der Waals surface area contributed by atoms with Gasteiger partial charge in [0.25, 0.3) is 0 Å². The summed E-state index contributed by atoms with van der Waals surface area (Å²) in [5.74, 6) is 1.40. The van der Waals surface area contributed by atoms with Crippen molar-refractivity contribution in [2.45, 2.75) is 12.5 Å². The lowest BCUT2D eigenvalue weighted by Gasteiger charge is -2.26. The summed E-state index contributed by atoms with van der Waals surface area (Å²) in [4.78, 5) is 12.3. The molecule has 21 heavy (non-hydrogen) atoms. The number of ketones is 1. The first-order chi connectivity index (χ1) is 10.1. The molecule has 1 unspecified atom stereocenters. The minimum Gasteiger partial charge on any atom is -0.496 e. The Bertz CT molecular complexity index is 713. The van der Waals surface area contributed by atoms with Crippen molar-refractivity contribution in [3.8, 4) is 11.5 Å². The van der Waals surface area contributed by atoms with E-state index in [9.17, 15) is 4.79 Å². The lowest BCUT2D eigenvalue weighted by Crippen LogP contribution is -2.20. The standard InChI is InChI=1S/C16H12Br2O3/c1-20-14-5-3-9(17)6-12(14)16-8-13(19)11-4-2-10(18)7-15(11)21-16/h2-7,16H,8H2,1H3. The van der Waals surface area contributed by atoms with E-state index in [1.165, 1.54) is 0 Å². The fourth-order valence-electron chi connectivity index (χ4n) is 2.43. The summed E-state index contributed by atoms with van der Waals surface area (Å²) < 4.78 is 13.2. The number of rotatable bonds is 2. The van der Waals surface area contributed by atoms with Crippen LogP contribution >= 0.6 is 31.9 Å². The van der Waals surface area contributed by atoms with E-state index in [1.807, 2.05) is 30.3 Å². The molecule has 0 aromatic heterocycles. The van der Waals surface area contributed by atoms with E-state index >= 15 is 0 Å². The minimum atomic E-state index is -0.341. The molecular weight excluding hydrogens is 400 g/mol. The number of halogens is 2. The molecule has 0 amide bonds. The number of benzene rings is 2. The highest BCUT2D eigenvalue weighted by Gasteiger charge is 2.29. The number of hydrogen-bond donors (Lipinski definition) is 0. The number of Topliss-reactive ketones (excluding diaryl/α,β-unsaturated/α-hetero) is 1. The molecule has 0 aliphatic carbocycles. The van der Waals surface area contributed by atoms with E-state index in [2.05, 4.69) is 31.9 Å². The van der Waals surface area contributed by atoms with E-state index in [1.54, 1.807) is 13.2 Å². The maximum Gasteiger partial charge on any atom is 0.170 e. The molecule has 0 N–H and O–H groups in total. The Morgan fingerprint density at radius 2 is 1.86 bits per heavy atom. The molecule has 0 saturated carbocycles. The average molecular weight is 412 g/mol. The monoisotopic (exact) mass is 410 g/mol. The van der Waals surface area contributed by atoms with Crippen molar-refractivity contribution < 1.29 is 14.3 Å². The van der Waals surface area contributed by atoms with E-state index in [-0.39, 0.29) is 11.9 Å². The Balaban J connectivity index is 2.03. The van der Waals surface area contributed by atoms with Gasteiger partial charge in [-0.2, -0.15) is 0 Å². The molecule has 2 aromatic carbocycles. The first-order valence-corrected chi connectivity index (χ1v) is 8.00. The Hall–Kier alpha value is -1.33. The van der Waals surface area contributed by atoms with Crippen molar-refractivity contribution in [3.63, 3.8) is 0 Å². The molecule has 5 heteroatoms. The highest BCUT2D eigenvalue weighted by molar-refractivity contribution is 9.10. The fourth-order valence-corrected chi connectivity index (χ4v) is 3.15. The summed E-state index contributed by atoms with van der Waals surface area (Å²) in [6, 6.07) is 11.2. The first-order valence-electron chi connectivity index (χ1n) is 6.41. The molecule has 0 bridgehead atoms. The molecule has 108 valence electrons. The Kier molecular flexibility index (Phi) is 4.04. The predicted octanol–water partition coefficient (Wildman–Crippen LogP) is 4.93. The summed E-state index contributed by atoms with van der Waals surface area (Å²) >= 11 is 6.85. The van der Waals surface area contributed by atoms with Crippen LogP contribution in [0.25, 0.3) is 0 Å². The summed E-state index contributed by atoms with van der Waals surface area (Å²) in [6.45, 7) is 0. The van der Waals surface area contributed by atoms with Gasteiger partial charge in [0, 0.05) is 14.5 Å². The number of carbonyl (C=O) groups excluding carboxylic acids is 1. The van der Waals surface area contributed by atoms with E-state index in [0.29, 0.717) is 17.7 Å². The lowest BCUT2D eigenvalue weighted by atomic mass is 9.96. The quantitative estimate of drug-likeness (QED) is 0.702. The third kappa shape index (κ3) is 2.85. The summed E-state index contributed by atoms with van der Waals surface area (Å²) in [6.07, 6.45) is -0.0340. The zero-order valence-corrected chi connectivity index (χ0v) is 14.4. The van der Waals surface area contributed by atoms with Crippen LogP contribution in [0.2, 0.25) is 0 Å². The lowest BCUT2D eigenvalue weighted by molar-refractivity contribution is 0.0847. The molecule has 0 spiro atoms. The molecule has 0 fully saturated rings. The van der Waals surface area contributed by atoms with Gasteiger partial charge in [0.05, 0.1) is 19.1 Å². The number of carbonyl (C=O) groups is 1. The summed E-state index contributed by atoms with van der Waals surface area (Å²) in [7, 11) is 1.61. The highest BCUT2D eigenvalue weighted by Crippen LogP contribution is 2.40. The van der Waals surface area contributed by atoms with E-state index < -0.39 is 0 Å². The first kappa shape index (κ1) is 14.6. The zero-order chi connectivity index (χ0) is 15.0. The van der Waals surface area contributed by atoms with Gasteiger partial charge >= 0.3 is 0 Å². The molecule has 1 heterocycles. The minimum absolute atomic E-state index is 0.0794. The van der Waals surface area contributed by atoms with Crippen molar-refractivity contribution in [1.82, 2.24) is 0 Å². The number of fused-ring (bicyclic) bond motifs is 1. The Labute approximate surface area is 139 Å². The molecule has 3 rings (SSSR count). The molecule has 2 aromatic rings. The van der Waals surface area contributed by atoms with Gasteiger partial charge in [-0.1, -0.05) is 31.9 Å². The average Bonchev–Trinajstić information content (AvgIpc) is 2.46. The van der Waals surface area contributed by atoms with Crippen LogP contribution in [0.15, 0.2) is 45.3 Å². The van der Waals surface area contributed by atoms with Gasteiger partial charge in [0.15, 0.2) is 5.78 Å². The van der Waals surface area contributed by atoms with Gasteiger partial charge in [-0.3, -0.25) is 4.79 Å². The van der Waals surface area contributed by atoms with Gasteiger partial charge in [-0.25, -0.2) is 0 Å². The third-order valence-electron chi connectivity index (χ3n) is 3.42. The topological polar surface area (TPSA) is 35.5 Å². The smallest absolute Gasteiger partial charge is 0.170 e. The highest BCUT2D eigenvalue weighted by atomic mass is 79.9. The van der Waals surface area contributed by atoms with Gasteiger partial charge in [-0.05, 0) is 36.4 Å². The molecule has 1 aliphatic heterocycles. The Morgan fingerprint density at radius 1 is 1.14 bits per heavy atom. The number of hydrogen-bond acceptors (Lipinski definition) is 3. The summed E-state index contributed by atoms with van der Waals surface area (Å²) in [5.41, 5.74) is 1.49. The molecule has 0 saturated heterocycles. The summed E-state index contributed by atoms with van der Waals surface area (Å²) in [5, 5.41) is 0. The Morgan fingerprint density at radius 3 is 2.62 bits per heavy atom. The predicted molar refractivity (Wildman–Crippen MR) is 87.2 cm³/mol. The van der Waals surface area contributed by atoms with Gasteiger partial charge in [0.2, 0.25) is 0 Å². The van der Waals surface area contributed by atoms with Crippen LogP contribution in [-0.4, -0.2) is 12.9 Å². The maximum absolute atomic E-state index is 12.3. The van der Waals surface area contributed by atoms with Gasteiger partial charge in [-0.15, -0.1) is 0 Å². The normalized spacial score (nSPS) is 17.1. The van der Waals surface area contributed by atoms with Crippen molar-refractivity contribution in [2.75, 3.05) is 7.11 Å². The van der Waals surface area contributed by atoms with Crippen molar-refractivity contribution >= 4 is 37.6 Å². The molecular formula is C16H12Br2O3. The van der Waals surface area contributed by atoms with Crippen molar-refractivity contribution in [2.24, 2.45) is 0 Å². The van der Waals surface area contributed by atoms with Crippen molar-refractivity contribution in [3.05, 3.63) is 56.5 Å². The second kappa shape index (κ2) is 5.81. The number of methoxy groups -OCH3 is 1. The second-order valence-electron chi connectivity index (χ2n) is 4.76. The van der Waals surface area contributed by atoms with Crippen molar-refractivity contribution in [1.29, 1.82) is 0 Å². The van der Waals surface area contributed by atoms with Gasteiger partial charge < -0.3 is 9.47 Å². The molecule has 1 atom stereocenters. The third-order valence-corrected chi connectivity index (χ3v) is 4.41. The van der Waals surface area contributed by atoms with Crippen LogP contribution in [0, 0.1) is 0 Å². The second-order valence-corrected chi connectivity index (χ2v) is 6.59. The maximum atomic E-state index is 12.3. The fraction of sp³-hybridized carbons (Fsp3) is 0.188. The molecule has 0 radical (unpaired) electrons. The van der Waals surface area contributed by atoms with E-state index in [4.69, 9.17) is 9.47 Å². The van der Waals surface area contributed by atoms with Crippen LogP contribution in [0.3, 0.4) is 0 Å². The van der Waals surface area contributed by atoms with Gasteiger partial charge in [0.1, 0.15) is 17.6 Å². The molecule has 3 nitrogen and oxygen atoms in total. The van der Waals surface area contributed by atoms with Crippen LogP contribution in [-0.2, 0) is 0 Å². The zero-order valence-electron chi connectivity index (χ0n) is 11.2. The number of ether oxygens (including phenoxy) is 2. The van der Waals surface area contributed by atoms with Crippen LogP contribution in [0.5, 0.6) is 11.5 Å². The SMILES string of the molecule is COc1ccc(Br)cc1C1CC(=O)c2ccc(Br)cc2O1. The van der Waals surface area contributed by atoms with Crippen LogP contribution in [0.4, 0.5) is 0 Å². The largest absolute Gasteiger partial charge is 0.496 e. The molecule has 1 aliphatic rings.